The maximum Gasteiger partial charge on any atom is 0.240 e. The average molecular weight is 262 g/mol. The van der Waals surface area contributed by atoms with Crippen molar-refractivity contribution in [2.24, 2.45) is 5.41 Å². The van der Waals surface area contributed by atoms with E-state index in [1.807, 2.05) is 19.9 Å². The Labute approximate surface area is 113 Å². The highest BCUT2D eigenvalue weighted by molar-refractivity contribution is 5.84. The van der Waals surface area contributed by atoms with Crippen LogP contribution in [0.3, 0.4) is 0 Å². The number of amides is 1. The van der Waals surface area contributed by atoms with E-state index in [9.17, 15) is 9.18 Å². The van der Waals surface area contributed by atoms with Gasteiger partial charge in [-0.2, -0.15) is 5.26 Å². The van der Waals surface area contributed by atoms with Crippen LogP contribution in [0.1, 0.15) is 31.4 Å². The lowest BCUT2D eigenvalue weighted by molar-refractivity contribution is -0.127. The first-order valence-electron chi connectivity index (χ1n) is 6.37. The van der Waals surface area contributed by atoms with Gasteiger partial charge in [-0.25, -0.2) is 4.39 Å². The molecule has 0 bridgehead atoms. The summed E-state index contributed by atoms with van der Waals surface area (Å²) in [7, 11) is 0. The van der Waals surface area contributed by atoms with Crippen molar-refractivity contribution in [1.29, 1.82) is 5.26 Å². The van der Waals surface area contributed by atoms with Gasteiger partial charge in [-0.1, -0.05) is 13.0 Å². The fourth-order valence-electron chi connectivity index (χ4n) is 1.74. The molecule has 0 heterocycles. The van der Waals surface area contributed by atoms with Gasteiger partial charge < -0.3 is 5.32 Å². The quantitative estimate of drug-likeness (QED) is 0.887. The average Bonchev–Trinajstić information content (AvgIpc) is 2.40. The van der Waals surface area contributed by atoms with Gasteiger partial charge >= 0.3 is 0 Å². The van der Waals surface area contributed by atoms with E-state index in [2.05, 4.69) is 5.32 Å². The number of hydrogen-bond donors (Lipinski definition) is 1. The van der Waals surface area contributed by atoms with Crippen LogP contribution in [0, 0.1) is 29.5 Å². The smallest absolute Gasteiger partial charge is 0.240 e. The second-order valence-corrected chi connectivity index (χ2v) is 4.87. The first-order valence-corrected chi connectivity index (χ1v) is 6.37. The van der Waals surface area contributed by atoms with Crippen molar-refractivity contribution in [1.82, 2.24) is 5.32 Å². The number of aryl methyl sites for hydroxylation is 1. The molecule has 0 saturated carbocycles. The van der Waals surface area contributed by atoms with E-state index in [-0.39, 0.29) is 11.7 Å². The second-order valence-electron chi connectivity index (χ2n) is 4.87. The summed E-state index contributed by atoms with van der Waals surface area (Å²) < 4.78 is 12.9. The largest absolute Gasteiger partial charge is 0.354 e. The summed E-state index contributed by atoms with van der Waals surface area (Å²) in [5, 5.41) is 11.8. The molecule has 1 aromatic rings. The van der Waals surface area contributed by atoms with E-state index in [0.29, 0.717) is 19.4 Å². The molecule has 1 aromatic carbocycles. The zero-order valence-corrected chi connectivity index (χ0v) is 11.6. The van der Waals surface area contributed by atoms with E-state index in [1.54, 1.807) is 13.0 Å². The number of hydrogen-bond acceptors (Lipinski definition) is 2. The molecule has 0 aliphatic heterocycles. The molecule has 0 aliphatic carbocycles. The van der Waals surface area contributed by atoms with E-state index in [0.717, 1.165) is 11.1 Å². The lowest BCUT2D eigenvalue weighted by Crippen LogP contribution is -2.38. The van der Waals surface area contributed by atoms with Crippen LogP contribution in [0.5, 0.6) is 0 Å². The lowest BCUT2D eigenvalue weighted by atomic mass is 9.88. The minimum Gasteiger partial charge on any atom is -0.354 e. The number of carbonyl (C=O) groups is 1. The van der Waals surface area contributed by atoms with Crippen molar-refractivity contribution in [2.75, 3.05) is 6.54 Å². The maximum atomic E-state index is 12.9. The molecular weight excluding hydrogens is 243 g/mol. The molecule has 0 radical (unpaired) electrons. The Morgan fingerprint density at radius 2 is 2.21 bits per heavy atom. The highest BCUT2D eigenvalue weighted by Crippen LogP contribution is 2.19. The van der Waals surface area contributed by atoms with Crippen molar-refractivity contribution in [2.45, 2.75) is 33.6 Å². The van der Waals surface area contributed by atoms with Crippen LogP contribution in [-0.2, 0) is 11.2 Å². The van der Waals surface area contributed by atoms with Crippen LogP contribution >= 0.6 is 0 Å². The van der Waals surface area contributed by atoms with Gasteiger partial charge in [0, 0.05) is 6.54 Å². The van der Waals surface area contributed by atoms with Crippen LogP contribution in [0.25, 0.3) is 0 Å². The molecular formula is C15H19FN2O. The van der Waals surface area contributed by atoms with Gasteiger partial charge in [0.15, 0.2) is 0 Å². The third kappa shape index (κ3) is 3.78. The van der Waals surface area contributed by atoms with Crippen LogP contribution in [-0.4, -0.2) is 12.5 Å². The van der Waals surface area contributed by atoms with Gasteiger partial charge in [-0.3, -0.25) is 4.79 Å². The topological polar surface area (TPSA) is 52.9 Å². The number of halogens is 1. The standard InChI is InChI=1S/C15H19FN2O/c1-4-15(3,10-17)14(19)18-8-7-12-5-6-13(16)9-11(12)2/h5-6,9H,4,7-8H2,1-3H3,(H,18,19). The fourth-order valence-corrected chi connectivity index (χ4v) is 1.74. The maximum absolute atomic E-state index is 12.9. The molecule has 3 nitrogen and oxygen atoms in total. The SMILES string of the molecule is CCC(C)(C#N)C(=O)NCCc1ccc(F)cc1C. The second kappa shape index (κ2) is 6.33. The molecule has 1 N–H and O–H groups in total. The molecule has 0 spiro atoms. The third-order valence-corrected chi connectivity index (χ3v) is 3.44. The molecule has 0 saturated heterocycles. The molecule has 19 heavy (non-hydrogen) atoms. The van der Waals surface area contributed by atoms with Gasteiger partial charge in [0.1, 0.15) is 11.2 Å². The van der Waals surface area contributed by atoms with Crippen molar-refractivity contribution in [3.8, 4) is 6.07 Å². The Bertz CT molecular complexity index is 507. The minimum atomic E-state index is -0.974. The number of nitrogens with one attached hydrogen (secondary N) is 1. The summed E-state index contributed by atoms with van der Waals surface area (Å²) in [6.07, 6.45) is 1.11. The summed E-state index contributed by atoms with van der Waals surface area (Å²) in [6, 6.07) is 6.64. The van der Waals surface area contributed by atoms with Crippen LogP contribution in [0.2, 0.25) is 0 Å². The Balaban J connectivity index is 2.56. The zero-order chi connectivity index (χ0) is 14.5. The van der Waals surface area contributed by atoms with Gasteiger partial charge in [-0.15, -0.1) is 0 Å². The minimum absolute atomic E-state index is 0.253. The van der Waals surface area contributed by atoms with Crippen molar-refractivity contribution in [3.63, 3.8) is 0 Å². The van der Waals surface area contributed by atoms with Gasteiger partial charge in [0.2, 0.25) is 5.91 Å². The summed E-state index contributed by atoms with van der Waals surface area (Å²) in [4.78, 5) is 11.9. The first-order chi connectivity index (χ1) is 8.92. The normalized spacial score (nSPS) is 13.4. The van der Waals surface area contributed by atoms with Crippen LogP contribution < -0.4 is 5.32 Å². The van der Waals surface area contributed by atoms with E-state index >= 15 is 0 Å². The number of carbonyl (C=O) groups excluding carboxylic acids is 1. The molecule has 0 aliphatic rings. The fraction of sp³-hybridized carbons (Fsp3) is 0.467. The Morgan fingerprint density at radius 3 is 2.74 bits per heavy atom. The monoisotopic (exact) mass is 262 g/mol. The zero-order valence-electron chi connectivity index (χ0n) is 11.6. The summed E-state index contributed by atoms with van der Waals surface area (Å²) in [5.74, 6) is -0.509. The lowest BCUT2D eigenvalue weighted by Gasteiger charge is -2.18. The van der Waals surface area contributed by atoms with Crippen LogP contribution in [0.4, 0.5) is 4.39 Å². The van der Waals surface area contributed by atoms with E-state index in [4.69, 9.17) is 5.26 Å². The molecule has 102 valence electrons. The number of nitrogens with zero attached hydrogens (tertiary/aromatic N) is 1. The molecule has 1 amide bonds. The predicted octanol–water partition coefficient (Wildman–Crippen LogP) is 2.73. The Hall–Kier alpha value is -1.89. The third-order valence-electron chi connectivity index (χ3n) is 3.44. The summed E-state index contributed by atoms with van der Waals surface area (Å²) in [5.41, 5.74) is 0.891. The summed E-state index contributed by atoms with van der Waals surface area (Å²) in [6.45, 7) is 5.73. The molecule has 0 aromatic heterocycles. The number of benzene rings is 1. The van der Waals surface area contributed by atoms with Gasteiger partial charge in [0.25, 0.3) is 0 Å². The van der Waals surface area contributed by atoms with E-state index in [1.165, 1.54) is 12.1 Å². The highest BCUT2D eigenvalue weighted by atomic mass is 19.1. The van der Waals surface area contributed by atoms with Gasteiger partial charge in [-0.05, 0) is 49.9 Å². The van der Waals surface area contributed by atoms with Crippen molar-refractivity contribution < 1.29 is 9.18 Å². The molecule has 1 rings (SSSR count). The summed E-state index contributed by atoms with van der Waals surface area (Å²) >= 11 is 0. The van der Waals surface area contributed by atoms with Gasteiger partial charge in [0.05, 0.1) is 6.07 Å². The van der Waals surface area contributed by atoms with Crippen LogP contribution in [0.15, 0.2) is 18.2 Å². The van der Waals surface area contributed by atoms with Crippen molar-refractivity contribution in [3.05, 3.63) is 35.1 Å². The van der Waals surface area contributed by atoms with E-state index < -0.39 is 5.41 Å². The Kier molecular flexibility index (Phi) is 5.05. The number of nitriles is 1. The molecule has 0 fully saturated rings. The highest BCUT2D eigenvalue weighted by Gasteiger charge is 2.30. The molecule has 1 atom stereocenters. The van der Waals surface area contributed by atoms with Crippen molar-refractivity contribution >= 4 is 5.91 Å². The number of rotatable bonds is 5. The predicted molar refractivity (Wildman–Crippen MR) is 71.9 cm³/mol. The first kappa shape index (κ1) is 15.2. The molecule has 4 heteroatoms. The Morgan fingerprint density at radius 1 is 1.53 bits per heavy atom. The molecule has 1 unspecified atom stereocenters.